The summed E-state index contributed by atoms with van der Waals surface area (Å²) in [6.45, 7) is 3.49. The number of nitrogens with one attached hydrogen (secondary N) is 2. The highest BCUT2D eigenvalue weighted by molar-refractivity contribution is 6.07. The number of amides is 1. The zero-order chi connectivity index (χ0) is 19.5. The molecule has 1 aliphatic heterocycles. The van der Waals surface area contributed by atoms with Crippen molar-refractivity contribution in [3.05, 3.63) is 59.7 Å². The summed E-state index contributed by atoms with van der Waals surface area (Å²) in [4.78, 5) is 21.4. The molecule has 7 heteroatoms. The Bertz CT molecular complexity index is 1020. The molecule has 3 heterocycles. The van der Waals surface area contributed by atoms with Crippen molar-refractivity contribution < 1.29 is 13.9 Å². The summed E-state index contributed by atoms with van der Waals surface area (Å²) in [6.07, 6.45) is 3.49. The molecule has 0 spiro atoms. The lowest BCUT2D eigenvalue weighted by molar-refractivity contribution is 0.102. The molecule has 6 nitrogen and oxygen atoms in total. The summed E-state index contributed by atoms with van der Waals surface area (Å²) in [5.74, 6) is -0.336. The van der Waals surface area contributed by atoms with Gasteiger partial charge in [-0.25, -0.2) is 14.4 Å². The maximum atomic E-state index is 13.9. The molecule has 1 aliphatic rings. The molecule has 1 saturated heterocycles. The van der Waals surface area contributed by atoms with E-state index in [0.717, 1.165) is 25.9 Å². The molecule has 2 N–H and O–H groups in total. The largest absolute Gasteiger partial charge is 0.473 e. The van der Waals surface area contributed by atoms with Crippen LogP contribution in [0.3, 0.4) is 0 Å². The van der Waals surface area contributed by atoms with Crippen molar-refractivity contribution >= 4 is 22.5 Å². The minimum Gasteiger partial charge on any atom is -0.473 e. The fraction of sp³-hybridized carbons (Fsp3) is 0.286. The van der Waals surface area contributed by atoms with Crippen LogP contribution in [0.2, 0.25) is 0 Å². The average Bonchev–Trinajstić information content (AvgIpc) is 2.70. The highest BCUT2D eigenvalue weighted by atomic mass is 19.1. The highest BCUT2D eigenvalue weighted by Crippen LogP contribution is 2.26. The molecule has 0 bridgehead atoms. The zero-order valence-corrected chi connectivity index (χ0v) is 15.5. The first kappa shape index (κ1) is 18.3. The first-order valence-electron chi connectivity index (χ1n) is 9.31. The second-order valence-electron chi connectivity index (χ2n) is 6.81. The van der Waals surface area contributed by atoms with Gasteiger partial charge in [0.2, 0.25) is 5.88 Å². The fourth-order valence-corrected chi connectivity index (χ4v) is 3.32. The van der Waals surface area contributed by atoms with Crippen molar-refractivity contribution in [2.45, 2.75) is 25.9 Å². The molecule has 0 unspecified atom stereocenters. The molecular weight excluding hydrogens is 359 g/mol. The van der Waals surface area contributed by atoms with Crippen molar-refractivity contribution in [2.75, 3.05) is 18.4 Å². The normalized spacial score (nSPS) is 14.8. The number of halogens is 1. The molecule has 0 saturated carbocycles. The third-order valence-electron chi connectivity index (χ3n) is 4.82. The van der Waals surface area contributed by atoms with Gasteiger partial charge in [0.1, 0.15) is 23.1 Å². The van der Waals surface area contributed by atoms with Crippen LogP contribution in [-0.2, 0) is 0 Å². The van der Waals surface area contributed by atoms with Gasteiger partial charge in [-0.2, -0.15) is 0 Å². The number of ether oxygens (including phenoxy) is 1. The number of carbonyl (C=O) groups is 1. The van der Waals surface area contributed by atoms with Gasteiger partial charge in [-0.3, -0.25) is 4.79 Å². The summed E-state index contributed by atoms with van der Waals surface area (Å²) in [5, 5.41) is 6.73. The van der Waals surface area contributed by atoms with Gasteiger partial charge >= 0.3 is 0 Å². The summed E-state index contributed by atoms with van der Waals surface area (Å²) in [7, 11) is 0. The van der Waals surface area contributed by atoms with Crippen LogP contribution in [-0.4, -0.2) is 35.1 Å². The molecule has 0 radical (unpaired) electrons. The molecule has 144 valence electrons. The Hall–Kier alpha value is -3.06. The van der Waals surface area contributed by atoms with Crippen LogP contribution in [0.5, 0.6) is 5.88 Å². The van der Waals surface area contributed by atoms with Gasteiger partial charge in [-0.15, -0.1) is 0 Å². The van der Waals surface area contributed by atoms with Crippen molar-refractivity contribution in [1.29, 1.82) is 0 Å². The van der Waals surface area contributed by atoms with Gasteiger partial charge in [0.15, 0.2) is 0 Å². The summed E-state index contributed by atoms with van der Waals surface area (Å²) in [6, 6.07) is 9.84. The van der Waals surface area contributed by atoms with Crippen LogP contribution in [0.15, 0.2) is 42.6 Å². The van der Waals surface area contributed by atoms with Gasteiger partial charge in [-0.05, 0) is 57.1 Å². The van der Waals surface area contributed by atoms with E-state index in [1.54, 1.807) is 43.5 Å². The van der Waals surface area contributed by atoms with E-state index in [0.29, 0.717) is 28.2 Å². The van der Waals surface area contributed by atoms with Crippen LogP contribution in [0.4, 0.5) is 10.1 Å². The van der Waals surface area contributed by atoms with E-state index < -0.39 is 5.82 Å². The summed E-state index contributed by atoms with van der Waals surface area (Å²) in [5.41, 5.74) is 1.60. The predicted molar refractivity (Wildman–Crippen MR) is 105 cm³/mol. The van der Waals surface area contributed by atoms with E-state index in [9.17, 15) is 9.18 Å². The minimum atomic E-state index is -0.405. The summed E-state index contributed by atoms with van der Waals surface area (Å²) < 4.78 is 19.9. The van der Waals surface area contributed by atoms with Gasteiger partial charge in [0.05, 0.1) is 11.3 Å². The molecule has 0 aliphatic carbocycles. The third kappa shape index (κ3) is 3.80. The van der Waals surface area contributed by atoms with Crippen molar-refractivity contribution in [1.82, 2.24) is 15.3 Å². The fourth-order valence-electron chi connectivity index (χ4n) is 3.32. The lowest BCUT2D eigenvalue weighted by atomic mass is 10.1. The number of nitrogens with zero attached hydrogens (tertiary/aromatic N) is 2. The number of fused-ring (bicyclic) bond motifs is 1. The molecule has 1 fully saturated rings. The number of piperidine rings is 1. The Morgan fingerprint density at radius 1 is 1.25 bits per heavy atom. The number of benzene rings is 1. The molecule has 0 atom stereocenters. The average molecular weight is 380 g/mol. The Labute approximate surface area is 162 Å². The number of para-hydroxylation sites is 1. The van der Waals surface area contributed by atoms with Gasteiger partial charge in [-0.1, -0.05) is 12.1 Å². The van der Waals surface area contributed by atoms with Crippen LogP contribution >= 0.6 is 0 Å². The van der Waals surface area contributed by atoms with Gasteiger partial charge in [0.25, 0.3) is 5.91 Å². The number of carbonyl (C=O) groups excluding carboxylic acids is 1. The number of rotatable bonds is 4. The van der Waals surface area contributed by atoms with Crippen LogP contribution < -0.4 is 15.4 Å². The molecular formula is C21H21FN4O2. The smallest absolute Gasteiger partial charge is 0.257 e. The van der Waals surface area contributed by atoms with E-state index >= 15 is 0 Å². The Balaban J connectivity index is 1.59. The minimum absolute atomic E-state index is 0.0684. The molecule has 28 heavy (non-hydrogen) atoms. The second kappa shape index (κ2) is 7.90. The van der Waals surface area contributed by atoms with E-state index in [2.05, 4.69) is 20.6 Å². The SMILES string of the molecule is Cc1nc2c(F)cccc2cc1C(=O)Nc1cccnc1OC1CCNCC1. The molecule has 1 aromatic carbocycles. The Kier molecular flexibility index (Phi) is 5.16. The Morgan fingerprint density at radius 3 is 2.89 bits per heavy atom. The monoisotopic (exact) mass is 380 g/mol. The van der Waals surface area contributed by atoms with Crippen molar-refractivity contribution in [3.8, 4) is 5.88 Å². The quantitative estimate of drug-likeness (QED) is 0.725. The number of hydrogen-bond donors (Lipinski definition) is 2. The second-order valence-corrected chi connectivity index (χ2v) is 6.81. The van der Waals surface area contributed by atoms with E-state index in [1.807, 2.05) is 0 Å². The molecule has 2 aromatic heterocycles. The van der Waals surface area contributed by atoms with Crippen LogP contribution in [0.1, 0.15) is 28.9 Å². The predicted octanol–water partition coefficient (Wildman–Crippen LogP) is 3.46. The number of pyridine rings is 2. The van der Waals surface area contributed by atoms with Crippen LogP contribution in [0.25, 0.3) is 10.9 Å². The van der Waals surface area contributed by atoms with E-state index in [1.165, 1.54) is 6.07 Å². The van der Waals surface area contributed by atoms with Gasteiger partial charge < -0.3 is 15.4 Å². The van der Waals surface area contributed by atoms with Crippen molar-refractivity contribution in [2.24, 2.45) is 0 Å². The number of anilines is 1. The number of hydrogen-bond acceptors (Lipinski definition) is 5. The lowest BCUT2D eigenvalue weighted by Crippen LogP contribution is -2.34. The van der Waals surface area contributed by atoms with E-state index in [-0.39, 0.29) is 17.5 Å². The van der Waals surface area contributed by atoms with Crippen LogP contribution in [0, 0.1) is 12.7 Å². The maximum absolute atomic E-state index is 13.9. The van der Waals surface area contributed by atoms with Crippen molar-refractivity contribution in [3.63, 3.8) is 0 Å². The topological polar surface area (TPSA) is 76.1 Å². The molecule has 4 rings (SSSR count). The lowest BCUT2D eigenvalue weighted by Gasteiger charge is -2.24. The van der Waals surface area contributed by atoms with Gasteiger partial charge in [0, 0.05) is 11.6 Å². The Morgan fingerprint density at radius 2 is 2.07 bits per heavy atom. The third-order valence-corrected chi connectivity index (χ3v) is 4.82. The summed E-state index contributed by atoms with van der Waals surface area (Å²) >= 11 is 0. The first-order chi connectivity index (χ1) is 13.6. The molecule has 1 amide bonds. The molecule has 3 aromatic rings. The number of aromatic nitrogens is 2. The first-order valence-corrected chi connectivity index (χ1v) is 9.31. The number of aryl methyl sites for hydroxylation is 1. The highest BCUT2D eigenvalue weighted by Gasteiger charge is 2.19. The standard InChI is InChI=1S/C21H21FN4O2/c1-13-16(12-14-4-2-5-17(22)19(14)25-13)20(27)26-18-6-3-9-24-21(18)28-15-7-10-23-11-8-15/h2-6,9,12,15,23H,7-8,10-11H2,1H3,(H,26,27). The maximum Gasteiger partial charge on any atom is 0.257 e. The zero-order valence-electron chi connectivity index (χ0n) is 15.5. The van der Waals surface area contributed by atoms with E-state index in [4.69, 9.17) is 4.74 Å².